The summed E-state index contributed by atoms with van der Waals surface area (Å²) in [5.41, 5.74) is 1.21. The fourth-order valence-electron chi connectivity index (χ4n) is 5.79. The third-order valence-corrected chi connectivity index (χ3v) is 8.14. The lowest BCUT2D eigenvalue weighted by Gasteiger charge is -2.37. The van der Waals surface area contributed by atoms with Crippen molar-refractivity contribution in [1.82, 2.24) is 14.5 Å². The Morgan fingerprint density at radius 1 is 0.900 bits per heavy atom. The summed E-state index contributed by atoms with van der Waals surface area (Å²) in [6, 6.07) is 20.8. The number of amides is 1. The van der Waals surface area contributed by atoms with Crippen LogP contribution >= 0.6 is 0 Å². The molecule has 1 aliphatic heterocycles. The van der Waals surface area contributed by atoms with Crippen molar-refractivity contribution in [3.05, 3.63) is 102 Å². The maximum absolute atomic E-state index is 13.9. The zero-order valence-corrected chi connectivity index (χ0v) is 26.9. The average Bonchev–Trinajstić information content (AvgIpc) is 3.57. The summed E-state index contributed by atoms with van der Waals surface area (Å²) in [7, 11) is 1.07. The lowest BCUT2D eigenvalue weighted by molar-refractivity contribution is -0.189. The van der Waals surface area contributed by atoms with Gasteiger partial charge in [0.15, 0.2) is 5.75 Å². The lowest BCUT2D eigenvalue weighted by atomic mass is 10.0. The van der Waals surface area contributed by atoms with Gasteiger partial charge in [0.1, 0.15) is 28.6 Å². The number of methoxy groups -OCH3 is 1. The molecule has 1 aliphatic rings. The zero-order valence-electron chi connectivity index (χ0n) is 26.9. The molecule has 0 bridgehead atoms. The molecule has 4 aromatic carbocycles. The molecule has 258 valence electrons. The van der Waals surface area contributed by atoms with E-state index in [1.54, 1.807) is 69.1 Å². The quantitative estimate of drug-likeness (QED) is 0.104. The molecule has 0 N–H and O–H groups in total. The Bertz CT molecular complexity index is 2070. The second-order valence-corrected chi connectivity index (χ2v) is 11.2. The second kappa shape index (κ2) is 13.9. The molecule has 1 saturated heterocycles. The topological polar surface area (TPSA) is 103 Å². The van der Waals surface area contributed by atoms with Gasteiger partial charge >= 0.3 is 18.1 Å². The number of nitrogens with zero attached hydrogens (tertiary/aromatic N) is 4. The standard InChI is InChI=1S/C36H30F4N4O6/c1-3-49-26-9-6-8-25(20-26)44-21-28(41-32(44)22-11-13-24(37)14-12-22)33(45)43-17-15-42(16-18-43)29-19-23-7-4-5-10-27(23)31(30(29)34(46)48-2)50-35(47)36(38,39)40/h4-14,19-21H,3,15-18H2,1-2H3. The minimum atomic E-state index is -5.31. The van der Waals surface area contributed by atoms with Crippen molar-refractivity contribution in [2.24, 2.45) is 0 Å². The molecule has 1 amide bonds. The van der Waals surface area contributed by atoms with Gasteiger partial charge in [0.05, 0.1) is 25.1 Å². The van der Waals surface area contributed by atoms with Crippen molar-refractivity contribution in [2.75, 3.05) is 44.8 Å². The Balaban J connectivity index is 1.31. The number of hydrogen-bond donors (Lipinski definition) is 0. The minimum Gasteiger partial charge on any atom is -0.494 e. The van der Waals surface area contributed by atoms with Gasteiger partial charge in [-0.2, -0.15) is 13.2 Å². The third kappa shape index (κ3) is 6.81. The Hall–Kier alpha value is -5.92. The molecule has 0 spiro atoms. The van der Waals surface area contributed by atoms with Crippen LogP contribution in [0.25, 0.3) is 27.8 Å². The number of esters is 2. The van der Waals surface area contributed by atoms with E-state index >= 15 is 0 Å². The van der Waals surface area contributed by atoms with Gasteiger partial charge < -0.3 is 24.0 Å². The largest absolute Gasteiger partial charge is 0.494 e. The van der Waals surface area contributed by atoms with E-state index in [2.05, 4.69) is 4.98 Å². The molecular weight excluding hydrogens is 660 g/mol. The number of carbonyl (C=O) groups excluding carboxylic acids is 3. The van der Waals surface area contributed by atoms with Crippen LogP contribution in [-0.2, 0) is 9.53 Å². The Labute approximate surface area is 283 Å². The molecular formula is C36H30F4N4O6. The monoisotopic (exact) mass is 690 g/mol. The van der Waals surface area contributed by atoms with E-state index < -0.39 is 29.7 Å². The smallest absolute Gasteiger partial charge is 0.491 e. The predicted octanol–water partition coefficient (Wildman–Crippen LogP) is 6.45. The van der Waals surface area contributed by atoms with E-state index in [9.17, 15) is 31.9 Å². The van der Waals surface area contributed by atoms with Crippen LogP contribution in [0.2, 0.25) is 0 Å². The number of aromatic nitrogens is 2. The normalized spacial score (nSPS) is 13.3. The van der Waals surface area contributed by atoms with Gasteiger partial charge in [-0.1, -0.05) is 30.3 Å². The predicted molar refractivity (Wildman–Crippen MR) is 175 cm³/mol. The number of imidazole rings is 1. The number of fused-ring (bicyclic) bond motifs is 1. The van der Waals surface area contributed by atoms with Crippen LogP contribution in [0.15, 0.2) is 85.1 Å². The van der Waals surface area contributed by atoms with Crippen molar-refractivity contribution in [1.29, 1.82) is 0 Å². The summed E-state index contributed by atoms with van der Waals surface area (Å²) < 4.78 is 70.7. The first kappa shape index (κ1) is 34.0. The van der Waals surface area contributed by atoms with Crippen LogP contribution in [0.4, 0.5) is 23.2 Å². The van der Waals surface area contributed by atoms with Gasteiger partial charge in [-0.3, -0.25) is 9.36 Å². The fraction of sp³-hybridized carbons (Fsp3) is 0.222. The molecule has 5 aromatic rings. The molecule has 6 rings (SSSR count). The highest BCUT2D eigenvalue weighted by Crippen LogP contribution is 2.40. The van der Waals surface area contributed by atoms with E-state index in [0.717, 1.165) is 7.11 Å². The number of ether oxygens (including phenoxy) is 3. The van der Waals surface area contributed by atoms with Gasteiger partial charge in [0, 0.05) is 49.4 Å². The Morgan fingerprint density at radius 3 is 2.30 bits per heavy atom. The van der Waals surface area contributed by atoms with Crippen LogP contribution in [0.3, 0.4) is 0 Å². The van der Waals surface area contributed by atoms with E-state index in [1.165, 1.54) is 24.3 Å². The van der Waals surface area contributed by atoms with Crippen LogP contribution in [0.5, 0.6) is 11.5 Å². The molecule has 0 unspecified atom stereocenters. The Morgan fingerprint density at radius 2 is 1.62 bits per heavy atom. The van der Waals surface area contributed by atoms with Gasteiger partial charge in [-0.05, 0) is 54.8 Å². The van der Waals surface area contributed by atoms with Crippen LogP contribution < -0.4 is 14.4 Å². The molecule has 0 atom stereocenters. The number of anilines is 1. The number of halogens is 4. The van der Waals surface area contributed by atoms with E-state index in [-0.39, 0.29) is 54.4 Å². The molecule has 2 heterocycles. The minimum absolute atomic E-state index is 0.113. The van der Waals surface area contributed by atoms with E-state index in [1.807, 2.05) is 13.0 Å². The molecule has 10 nitrogen and oxygen atoms in total. The lowest BCUT2D eigenvalue weighted by Crippen LogP contribution is -2.49. The van der Waals surface area contributed by atoms with Crippen molar-refractivity contribution >= 4 is 34.3 Å². The molecule has 0 saturated carbocycles. The fourth-order valence-corrected chi connectivity index (χ4v) is 5.79. The van der Waals surface area contributed by atoms with Crippen molar-refractivity contribution < 1.29 is 46.2 Å². The van der Waals surface area contributed by atoms with Crippen molar-refractivity contribution in [3.8, 4) is 28.6 Å². The summed E-state index contributed by atoms with van der Waals surface area (Å²) in [5, 5.41) is 0.535. The first-order chi connectivity index (χ1) is 24.0. The van der Waals surface area contributed by atoms with E-state index in [4.69, 9.17) is 14.2 Å². The maximum Gasteiger partial charge on any atom is 0.491 e. The zero-order chi connectivity index (χ0) is 35.6. The molecule has 1 fully saturated rings. The average molecular weight is 691 g/mol. The maximum atomic E-state index is 13.9. The van der Waals surface area contributed by atoms with Crippen LogP contribution in [0, 0.1) is 5.82 Å². The third-order valence-electron chi connectivity index (χ3n) is 8.14. The molecule has 50 heavy (non-hydrogen) atoms. The summed E-state index contributed by atoms with van der Waals surface area (Å²) in [6.45, 7) is 2.97. The van der Waals surface area contributed by atoms with Gasteiger partial charge in [0.25, 0.3) is 5.91 Å². The number of benzene rings is 4. The molecule has 14 heteroatoms. The van der Waals surface area contributed by atoms with Gasteiger partial charge in [-0.15, -0.1) is 0 Å². The molecule has 1 aromatic heterocycles. The van der Waals surface area contributed by atoms with Gasteiger partial charge in [-0.25, -0.2) is 19.0 Å². The first-order valence-electron chi connectivity index (χ1n) is 15.5. The van der Waals surface area contributed by atoms with Crippen LogP contribution in [0.1, 0.15) is 27.8 Å². The number of piperazine rings is 1. The first-order valence-corrected chi connectivity index (χ1v) is 15.5. The summed E-state index contributed by atoms with van der Waals surface area (Å²) in [4.78, 5) is 46.8. The van der Waals surface area contributed by atoms with Crippen LogP contribution in [-0.4, -0.2) is 78.4 Å². The number of alkyl halides is 3. The molecule has 0 radical (unpaired) electrons. The SMILES string of the molecule is CCOc1cccc(-n2cc(C(=O)N3CCN(c4cc5ccccc5c(OC(=O)C(F)(F)F)c4C(=O)OC)CC3)nc2-c2ccc(F)cc2)c1. The second-order valence-electron chi connectivity index (χ2n) is 11.2. The highest BCUT2D eigenvalue weighted by molar-refractivity contribution is 6.08. The Kier molecular flexibility index (Phi) is 9.44. The summed E-state index contributed by atoms with van der Waals surface area (Å²) in [6.07, 6.45) is -3.72. The van der Waals surface area contributed by atoms with Crippen molar-refractivity contribution in [2.45, 2.75) is 13.1 Å². The van der Waals surface area contributed by atoms with Gasteiger partial charge in [0.2, 0.25) is 0 Å². The number of carbonyl (C=O) groups is 3. The summed E-state index contributed by atoms with van der Waals surface area (Å²) >= 11 is 0. The number of hydrogen-bond acceptors (Lipinski definition) is 8. The molecule has 0 aliphatic carbocycles. The highest BCUT2D eigenvalue weighted by atomic mass is 19.4. The van der Waals surface area contributed by atoms with Crippen molar-refractivity contribution in [3.63, 3.8) is 0 Å². The summed E-state index contributed by atoms with van der Waals surface area (Å²) in [5.74, 6) is -3.85. The number of rotatable bonds is 8. The van der Waals surface area contributed by atoms with E-state index in [0.29, 0.717) is 34.8 Å². The highest BCUT2D eigenvalue weighted by Gasteiger charge is 2.43.